The van der Waals surface area contributed by atoms with Crippen LogP contribution in [0.25, 0.3) is 0 Å². The van der Waals surface area contributed by atoms with Crippen molar-refractivity contribution in [3.63, 3.8) is 0 Å². The zero-order chi connectivity index (χ0) is 11.2. The van der Waals surface area contributed by atoms with Crippen LogP contribution in [0.4, 0.5) is 0 Å². The summed E-state index contributed by atoms with van der Waals surface area (Å²) in [7, 11) is 0. The fraction of sp³-hybridized carbons (Fsp3) is 0.667. The Bertz CT molecular complexity index is 302. The Hall–Kier alpha value is -0.610. The lowest BCUT2D eigenvalue weighted by Gasteiger charge is -2.28. The predicted octanol–water partition coefficient (Wildman–Crippen LogP) is 2.49. The zero-order valence-corrected chi connectivity index (χ0v) is 10.5. The van der Waals surface area contributed by atoms with Gasteiger partial charge in [-0.2, -0.15) is 0 Å². The van der Waals surface area contributed by atoms with Crippen molar-refractivity contribution in [3.05, 3.63) is 18.6 Å². The van der Waals surface area contributed by atoms with Gasteiger partial charge in [0.25, 0.3) is 0 Å². The van der Waals surface area contributed by atoms with Gasteiger partial charge in [-0.3, -0.25) is 4.98 Å². The highest BCUT2D eigenvalue weighted by Crippen LogP contribution is 2.32. The molecule has 0 spiro atoms. The first kappa shape index (κ1) is 11.9. The van der Waals surface area contributed by atoms with Crippen molar-refractivity contribution in [1.82, 2.24) is 15.3 Å². The molecule has 2 atom stereocenters. The van der Waals surface area contributed by atoms with Crippen LogP contribution in [0.15, 0.2) is 23.6 Å². The van der Waals surface area contributed by atoms with Crippen LogP contribution in [-0.4, -0.2) is 27.8 Å². The molecule has 0 aliphatic heterocycles. The summed E-state index contributed by atoms with van der Waals surface area (Å²) in [4.78, 5) is 8.43. The molecule has 0 radical (unpaired) electrons. The largest absolute Gasteiger partial charge is 0.314 e. The van der Waals surface area contributed by atoms with E-state index in [1.165, 1.54) is 25.7 Å². The van der Waals surface area contributed by atoms with Gasteiger partial charge < -0.3 is 5.32 Å². The number of rotatable bonds is 4. The summed E-state index contributed by atoms with van der Waals surface area (Å²) in [5.41, 5.74) is 0. The van der Waals surface area contributed by atoms with Crippen LogP contribution in [0, 0.1) is 0 Å². The topological polar surface area (TPSA) is 37.8 Å². The minimum Gasteiger partial charge on any atom is -0.314 e. The van der Waals surface area contributed by atoms with E-state index in [1.54, 1.807) is 12.4 Å². The van der Waals surface area contributed by atoms with Crippen molar-refractivity contribution >= 4 is 11.8 Å². The molecule has 0 saturated heterocycles. The highest BCUT2D eigenvalue weighted by Gasteiger charge is 2.22. The highest BCUT2D eigenvalue weighted by atomic mass is 32.2. The molecule has 1 aromatic heterocycles. The maximum atomic E-state index is 4.32. The van der Waals surface area contributed by atoms with E-state index in [2.05, 4.69) is 22.2 Å². The van der Waals surface area contributed by atoms with Crippen LogP contribution >= 0.6 is 11.8 Å². The first-order valence-electron chi connectivity index (χ1n) is 6.04. The van der Waals surface area contributed by atoms with Gasteiger partial charge in [-0.05, 0) is 25.8 Å². The van der Waals surface area contributed by atoms with Gasteiger partial charge in [0.05, 0.1) is 6.20 Å². The molecule has 1 heterocycles. The number of thioether (sulfide) groups is 1. The second kappa shape index (κ2) is 6.21. The van der Waals surface area contributed by atoms with E-state index >= 15 is 0 Å². The average molecular weight is 237 g/mol. The molecule has 1 N–H and O–H groups in total. The summed E-state index contributed by atoms with van der Waals surface area (Å²) in [6, 6.07) is 0.702. The fourth-order valence-electron chi connectivity index (χ4n) is 2.24. The first-order valence-corrected chi connectivity index (χ1v) is 6.92. The zero-order valence-electron chi connectivity index (χ0n) is 9.72. The van der Waals surface area contributed by atoms with Gasteiger partial charge in [0.1, 0.15) is 5.03 Å². The summed E-state index contributed by atoms with van der Waals surface area (Å²) >= 11 is 1.88. The van der Waals surface area contributed by atoms with E-state index < -0.39 is 0 Å². The second-order valence-electron chi connectivity index (χ2n) is 4.20. The molecule has 0 aromatic carbocycles. The van der Waals surface area contributed by atoms with Crippen LogP contribution in [-0.2, 0) is 0 Å². The SMILES string of the molecule is CCNC1CCCC(Sc2cnccn2)C1. The molecule has 1 aliphatic rings. The Morgan fingerprint density at radius 2 is 2.38 bits per heavy atom. The molecule has 2 unspecified atom stereocenters. The molecule has 1 saturated carbocycles. The van der Waals surface area contributed by atoms with Crippen molar-refractivity contribution in [3.8, 4) is 0 Å². The Morgan fingerprint density at radius 3 is 3.12 bits per heavy atom. The van der Waals surface area contributed by atoms with Crippen LogP contribution in [0.2, 0.25) is 0 Å². The number of aromatic nitrogens is 2. The first-order chi connectivity index (χ1) is 7.88. The van der Waals surface area contributed by atoms with E-state index in [0.29, 0.717) is 11.3 Å². The van der Waals surface area contributed by atoms with Crippen molar-refractivity contribution in [2.45, 2.75) is 48.9 Å². The van der Waals surface area contributed by atoms with Gasteiger partial charge in [0.15, 0.2) is 0 Å². The molecule has 1 aliphatic carbocycles. The Labute approximate surface area is 101 Å². The molecule has 1 aromatic rings. The number of hydrogen-bond acceptors (Lipinski definition) is 4. The lowest BCUT2D eigenvalue weighted by Crippen LogP contribution is -2.34. The van der Waals surface area contributed by atoms with Crippen molar-refractivity contribution in [1.29, 1.82) is 0 Å². The molecular weight excluding hydrogens is 218 g/mol. The molecule has 16 heavy (non-hydrogen) atoms. The Morgan fingerprint density at radius 1 is 1.44 bits per heavy atom. The third-order valence-electron chi connectivity index (χ3n) is 2.95. The third-order valence-corrected chi connectivity index (χ3v) is 4.16. The van der Waals surface area contributed by atoms with E-state index in [9.17, 15) is 0 Å². The summed E-state index contributed by atoms with van der Waals surface area (Å²) < 4.78 is 0. The van der Waals surface area contributed by atoms with Gasteiger partial charge in [0, 0.05) is 23.7 Å². The summed E-state index contributed by atoms with van der Waals surface area (Å²) in [6.07, 6.45) is 10.6. The monoisotopic (exact) mass is 237 g/mol. The summed E-state index contributed by atoms with van der Waals surface area (Å²) in [5.74, 6) is 0. The van der Waals surface area contributed by atoms with Crippen LogP contribution in [0.5, 0.6) is 0 Å². The molecule has 2 rings (SSSR count). The maximum absolute atomic E-state index is 4.32. The molecule has 0 amide bonds. The van der Waals surface area contributed by atoms with Crippen molar-refractivity contribution in [2.75, 3.05) is 6.54 Å². The lowest BCUT2D eigenvalue weighted by molar-refractivity contribution is 0.387. The number of hydrogen-bond donors (Lipinski definition) is 1. The van der Waals surface area contributed by atoms with Gasteiger partial charge in [0.2, 0.25) is 0 Å². The Kier molecular flexibility index (Phi) is 4.60. The van der Waals surface area contributed by atoms with Gasteiger partial charge in [-0.15, -0.1) is 11.8 Å². The van der Waals surface area contributed by atoms with E-state index in [1.807, 2.05) is 18.0 Å². The quantitative estimate of drug-likeness (QED) is 0.873. The lowest BCUT2D eigenvalue weighted by atomic mass is 9.95. The molecule has 4 heteroatoms. The van der Waals surface area contributed by atoms with E-state index in [4.69, 9.17) is 0 Å². The summed E-state index contributed by atoms with van der Waals surface area (Å²) in [6.45, 7) is 3.26. The normalized spacial score (nSPS) is 25.6. The van der Waals surface area contributed by atoms with Gasteiger partial charge in [-0.1, -0.05) is 13.3 Å². The van der Waals surface area contributed by atoms with Gasteiger partial charge in [-0.25, -0.2) is 4.98 Å². The number of nitrogens with zero attached hydrogens (tertiary/aromatic N) is 2. The molecule has 3 nitrogen and oxygen atoms in total. The molecule has 1 fully saturated rings. The minimum absolute atomic E-state index is 0.702. The Balaban J connectivity index is 1.85. The smallest absolute Gasteiger partial charge is 0.115 e. The van der Waals surface area contributed by atoms with Crippen LogP contribution < -0.4 is 5.32 Å². The second-order valence-corrected chi connectivity index (χ2v) is 5.53. The molecular formula is C12H19N3S. The van der Waals surface area contributed by atoms with Crippen LogP contribution in [0.3, 0.4) is 0 Å². The van der Waals surface area contributed by atoms with Crippen LogP contribution in [0.1, 0.15) is 32.6 Å². The highest BCUT2D eigenvalue weighted by molar-refractivity contribution is 7.99. The third kappa shape index (κ3) is 3.46. The average Bonchev–Trinajstić information content (AvgIpc) is 2.31. The maximum Gasteiger partial charge on any atom is 0.115 e. The fourth-order valence-corrected chi connectivity index (χ4v) is 3.44. The standard InChI is InChI=1S/C12H19N3S/c1-2-14-10-4-3-5-11(8-10)16-12-9-13-6-7-15-12/h6-7,9-11,14H,2-5,8H2,1H3. The summed E-state index contributed by atoms with van der Waals surface area (Å²) in [5, 5.41) is 5.31. The minimum atomic E-state index is 0.702. The van der Waals surface area contributed by atoms with Crippen molar-refractivity contribution < 1.29 is 0 Å². The van der Waals surface area contributed by atoms with Crippen molar-refractivity contribution in [2.24, 2.45) is 0 Å². The molecule has 0 bridgehead atoms. The van der Waals surface area contributed by atoms with E-state index in [0.717, 1.165) is 11.6 Å². The predicted molar refractivity (Wildman–Crippen MR) is 67.6 cm³/mol. The molecule has 88 valence electrons. The number of nitrogens with one attached hydrogen (secondary N) is 1. The van der Waals surface area contributed by atoms with E-state index in [-0.39, 0.29) is 0 Å². The van der Waals surface area contributed by atoms with Gasteiger partial charge >= 0.3 is 0 Å².